The number of carbonyl (C=O) groups excluding carboxylic acids is 1. The van der Waals surface area contributed by atoms with Gasteiger partial charge in [-0.05, 0) is 64.2 Å². The van der Waals surface area contributed by atoms with Crippen LogP contribution >= 0.6 is 0 Å². The van der Waals surface area contributed by atoms with Crippen molar-refractivity contribution in [2.75, 3.05) is 0 Å². The summed E-state index contributed by atoms with van der Waals surface area (Å²) in [5, 5.41) is 0. The van der Waals surface area contributed by atoms with Crippen LogP contribution in [-0.2, 0) is 20.7 Å². The van der Waals surface area contributed by atoms with Crippen LogP contribution in [0, 0.1) is 26.7 Å². The number of carbonyl (C=O) groups is 1. The Morgan fingerprint density at radius 2 is 1.77 bits per heavy atom. The summed E-state index contributed by atoms with van der Waals surface area (Å²) in [5.41, 5.74) is 4.85. The molecule has 1 heterocycles. The molecule has 1 saturated carbocycles. The van der Waals surface area contributed by atoms with Crippen molar-refractivity contribution in [3.63, 3.8) is 0 Å². The molecule has 0 aromatic heterocycles. The molecule has 0 radical (unpaired) electrons. The highest BCUT2D eigenvalue weighted by Gasteiger charge is 2.50. The van der Waals surface area contributed by atoms with Crippen LogP contribution < -0.4 is 0 Å². The Hall–Kier alpha value is -1.19. The maximum atomic E-state index is 12.8. The monoisotopic (exact) mass is 302 g/mol. The third-order valence-corrected chi connectivity index (χ3v) is 4.99. The van der Waals surface area contributed by atoms with E-state index in [4.69, 9.17) is 9.47 Å². The van der Waals surface area contributed by atoms with Crippen LogP contribution in [0.3, 0.4) is 0 Å². The molecule has 3 unspecified atom stereocenters. The Labute approximate surface area is 133 Å². The predicted octanol–water partition coefficient (Wildman–Crippen LogP) is 3.65. The number of rotatable bonds is 3. The van der Waals surface area contributed by atoms with E-state index in [1.165, 1.54) is 22.3 Å². The zero-order valence-corrected chi connectivity index (χ0v) is 14.2. The Morgan fingerprint density at radius 3 is 2.41 bits per heavy atom. The molecule has 3 nitrogen and oxygen atoms in total. The average Bonchev–Trinajstić information content (AvgIpc) is 2.88. The van der Waals surface area contributed by atoms with E-state index >= 15 is 0 Å². The van der Waals surface area contributed by atoms with Crippen molar-refractivity contribution in [1.82, 2.24) is 0 Å². The summed E-state index contributed by atoms with van der Waals surface area (Å²) in [6, 6.07) is 4.32. The summed E-state index contributed by atoms with van der Waals surface area (Å²) in [6.45, 7) is 10.2. The first kappa shape index (κ1) is 15.7. The molecule has 1 saturated heterocycles. The summed E-state index contributed by atoms with van der Waals surface area (Å²) in [6.07, 6.45) is 2.35. The number of hydrogen-bond donors (Lipinski definition) is 0. The third-order valence-electron chi connectivity index (χ3n) is 4.99. The van der Waals surface area contributed by atoms with Crippen LogP contribution in [0.4, 0.5) is 0 Å². The second-order valence-corrected chi connectivity index (χ2v) is 7.34. The van der Waals surface area contributed by atoms with Crippen molar-refractivity contribution in [2.45, 2.75) is 71.9 Å². The van der Waals surface area contributed by atoms with Crippen molar-refractivity contribution in [2.24, 2.45) is 5.92 Å². The normalized spacial score (nSPS) is 29.6. The summed E-state index contributed by atoms with van der Waals surface area (Å²) in [4.78, 5) is 12.8. The van der Waals surface area contributed by atoms with Crippen molar-refractivity contribution < 1.29 is 14.3 Å². The minimum atomic E-state index is -0.552. The van der Waals surface area contributed by atoms with Gasteiger partial charge in [-0.3, -0.25) is 4.79 Å². The highest BCUT2D eigenvalue weighted by atomic mass is 16.8. The van der Waals surface area contributed by atoms with Crippen LogP contribution in [0.15, 0.2) is 12.1 Å². The molecule has 0 bridgehead atoms. The minimum absolute atomic E-state index is 0.0214. The summed E-state index contributed by atoms with van der Waals surface area (Å²) in [7, 11) is 0. The molecule has 0 N–H and O–H groups in total. The fourth-order valence-electron chi connectivity index (χ4n) is 4.07. The van der Waals surface area contributed by atoms with E-state index in [0.29, 0.717) is 12.2 Å². The summed E-state index contributed by atoms with van der Waals surface area (Å²) >= 11 is 0. The molecule has 3 heteroatoms. The number of fused-ring (bicyclic) bond motifs is 1. The lowest BCUT2D eigenvalue weighted by Crippen LogP contribution is -2.31. The number of hydrogen-bond acceptors (Lipinski definition) is 3. The van der Waals surface area contributed by atoms with Crippen LogP contribution in [0.2, 0.25) is 0 Å². The quantitative estimate of drug-likeness (QED) is 0.855. The van der Waals surface area contributed by atoms with Crippen molar-refractivity contribution in [3.8, 4) is 0 Å². The molecular formula is C19H26O3. The largest absolute Gasteiger partial charge is 0.345 e. The molecule has 2 fully saturated rings. The van der Waals surface area contributed by atoms with E-state index in [1.54, 1.807) is 0 Å². The molecule has 2 aliphatic rings. The van der Waals surface area contributed by atoms with Gasteiger partial charge in [-0.1, -0.05) is 17.7 Å². The molecule has 22 heavy (non-hydrogen) atoms. The van der Waals surface area contributed by atoms with Crippen molar-refractivity contribution in [1.29, 1.82) is 0 Å². The van der Waals surface area contributed by atoms with E-state index in [-0.39, 0.29) is 18.1 Å². The molecule has 1 aliphatic heterocycles. The first-order valence-electron chi connectivity index (χ1n) is 8.22. The molecule has 0 amide bonds. The van der Waals surface area contributed by atoms with Crippen LogP contribution in [0.1, 0.15) is 48.9 Å². The molecule has 120 valence electrons. The first-order chi connectivity index (χ1) is 10.3. The summed E-state index contributed by atoms with van der Waals surface area (Å²) < 4.78 is 11.9. The van der Waals surface area contributed by atoms with Crippen molar-refractivity contribution >= 4 is 5.78 Å². The lowest BCUT2D eigenvalue weighted by atomic mass is 9.90. The maximum absolute atomic E-state index is 12.8. The Balaban J connectivity index is 1.76. The van der Waals surface area contributed by atoms with Gasteiger partial charge in [-0.25, -0.2) is 0 Å². The van der Waals surface area contributed by atoms with Gasteiger partial charge in [0.1, 0.15) is 5.78 Å². The van der Waals surface area contributed by atoms with Crippen LogP contribution in [0.25, 0.3) is 0 Å². The summed E-state index contributed by atoms with van der Waals surface area (Å²) in [5.74, 6) is -0.278. The second kappa shape index (κ2) is 5.47. The highest BCUT2D eigenvalue weighted by Crippen LogP contribution is 2.42. The SMILES string of the molecule is Cc1cc(C)c(CC(=O)C2CCC3OC(C)(C)OC32)c(C)c1. The lowest BCUT2D eigenvalue weighted by Gasteiger charge is -2.21. The standard InChI is InChI=1S/C19H26O3/c1-11-8-12(2)15(13(3)9-11)10-16(20)14-6-7-17-18(14)22-19(4,5)21-17/h8-9,14,17-18H,6-7,10H2,1-5H3. The topological polar surface area (TPSA) is 35.5 Å². The molecule has 1 aliphatic carbocycles. The van der Waals surface area contributed by atoms with Crippen LogP contribution in [0.5, 0.6) is 0 Å². The van der Waals surface area contributed by atoms with E-state index in [2.05, 4.69) is 32.9 Å². The zero-order chi connectivity index (χ0) is 16.1. The minimum Gasteiger partial charge on any atom is -0.345 e. The first-order valence-corrected chi connectivity index (χ1v) is 8.22. The molecule has 0 spiro atoms. The molecule has 3 atom stereocenters. The van der Waals surface area contributed by atoms with Gasteiger partial charge < -0.3 is 9.47 Å². The predicted molar refractivity (Wildman–Crippen MR) is 85.9 cm³/mol. The number of benzene rings is 1. The maximum Gasteiger partial charge on any atom is 0.163 e. The van der Waals surface area contributed by atoms with Crippen LogP contribution in [-0.4, -0.2) is 23.8 Å². The molecular weight excluding hydrogens is 276 g/mol. The van der Waals surface area contributed by atoms with Gasteiger partial charge in [0.05, 0.1) is 12.2 Å². The third kappa shape index (κ3) is 2.84. The van der Waals surface area contributed by atoms with E-state index in [9.17, 15) is 4.79 Å². The zero-order valence-electron chi connectivity index (χ0n) is 14.2. The van der Waals surface area contributed by atoms with E-state index in [1.807, 2.05) is 13.8 Å². The Kier molecular flexibility index (Phi) is 3.90. The van der Waals surface area contributed by atoms with Gasteiger partial charge in [0, 0.05) is 12.3 Å². The molecule has 3 rings (SSSR count). The Bertz CT molecular complexity index is 580. The molecule has 1 aromatic carbocycles. The number of ether oxygens (including phenoxy) is 2. The van der Waals surface area contributed by atoms with E-state index in [0.717, 1.165) is 12.8 Å². The highest BCUT2D eigenvalue weighted by molar-refractivity contribution is 5.85. The van der Waals surface area contributed by atoms with Gasteiger partial charge in [0.2, 0.25) is 0 Å². The van der Waals surface area contributed by atoms with Gasteiger partial charge in [0.25, 0.3) is 0 Å². The van der Waals surface area contributed by atoms with Crippen molar-refractivity contribution in [3.05, 3.63) is 34.4 Å². The lowest BCUT2D eigenvalue weighted by molar-refractivity contribution is -0.159. The number of aryl methyl sites for hydroxylation is 3. The van der Waals surface area contributed by atoms with Gasteiger partial charge in [-0.2, -0.15) is 0 Å². The Morgan fingerprint density at radius 1 is 1.14 bits per heavy atom. The second-order valence-electron chi connectivity index (χ2n) is 7.34. The van der Waals surface area contributed by atoms with Gasteiger partial charge in [0.15, 0.2) is 5.79 Å². The van der Waals surface area contributed by atoms with Gasteiger partial charge >= 0.3 is 0 Å². The number of ketones is 1. The van der Waals surface area contributed by atoms with Gasteiger partial charge in [-0.15, -0.1) is 0 Å². The molecule has 1 aromatic rings. The number of Topliss-reactive ketones (excluding diaryl/α,β-unsaturated/α-hetero) is 1. The fourth-order valence-corrected chi connectivity index (χ4v) is 4.07. The fraction of sp³-hybridized carbons (Fsp3) is 0.632. The smallest absolute Gasteiger partial charge is 0.163 e. The van der Waals surface area contributed by atoms with E-state index < -0.39 is 5.79 Å². The average molecular weight is 302 g/mol.